The van der Waals surface area contributed by atoms with E-state index in [0.29, 0.717) is 10.9 Å². The Morgan fingerprint density at radius 2 is 2.17 bits per heavy atom. The van der Waals surface area contributed by atoms with Gasteiger partial charge in [0.15, 0.2) is 0 Å². The maximum absolute atomic E-state index is 6.27. The number of ether oxygens (including phenoxy) is 1. The first-order valence-corrected chi connectivity index (χ1v) is 6.79. The lowest BCUT2D eigenvalue weighted by molar-refractivity contribution is 0.0523. The Morgan fingerprint density at radius 3 is 2.72 bits per heavy atom. The average Bonchev–Trinajstić information content (AvgIpc) is 2.74. The SMILES string of the molecule is CC(C)n1ncc(Cl)c1C(NN)C1CCOCC1. The zero-order valence-electron chi connectivity index (χ0n) is 10.9. The van der Waals surface area contributed by atoms with E-state index in [1.165, 1.54) is 0 Å². The Bertz CT molecular complexity index is 387. The fourth-order valence-electron chi connectivity index (χ4n) is 2.54. The number of hydrogen-bond donors (Lipinski definition) is 2. The highest BCUT2D eigenvalue weighted by molar-refractivity contribution is 6.31. The van der Waals surface area contributed by atoms with Gasteiger partial charge < -0.3 is 4.74 Å². The lowest BCUT2D eigenvalue weighted by Crippen LogP contribution is -2.38. The van der Waals surface area contributed by atoms with E-state index in [1.54, 1.807) is 6.20 Å². The molecule has 1 aromatic rings. The van der Waals surface area contributed by atoms with Crippen molar-refractivity contribution in [3.8, 4) is 0 Å². The second-order valence-corrected chi connectivity index (χ2v) is 5.42. The van der Waals surface area contributed by atoms with Crippen molar-refractivity contribution in [3.05, 3.63) is 16.9 Å². The van der Waals surface area contributed by atoms with Crippen LogP contribution in [0.15, 0.2) is 6.20 Å². The summed E-state index contributed by atoms with van der Waals surface area (Å²) in [6.45, 7) is 5.75. The summed E-state index contributed by atoms with van der Waals surface area (Å²) in [7, 11) is 0. The van der Waals surface area contributed by atoms with E-state index in [1.807, 2.05) is 4.68 Å². The van der Waals surface area contributed by atoms with Crippen LogP contribution in [-0.4, -0.2) is 23.0 Å². The van der Waals surface area contributed by atoms with Crippen molar-refractivity contribution in [3.63, 3.8) is 0 Å². The highest BCUT2D eigenvalue weighted by Crippen LogP contribution is 2.34. The molecule has 1 atom stereocenters. The van der Waals surface area contributed by atoms with Crippen molar-refractivity contribution in [1.29, 1.82) is 0 Å². The van der Waals surface area contributed by atoms with Crippen LogP contribution in [0.4, 0.5) is 0 Å². The number of nitrogens with two attached hydrogens (primary N) is 1. The molecule has 0 saturated carbocycles. The van der Waals surface area contributed by atoms with Crippen LogP contribution >= 0.6 is 11.6 Å². The normalized spacial score (nSPS) is 19.4. The van der Waals surface area contributed by atoms with Crippen LogP contribution in [0.1, 0.15) is 44.5 Å². The summed E-state index contributed by atoms with van der Waals surface area (Å²) in [5.41, 5.74) is 3.90. The predicted molar refractivity (Wildman–Crippen MR) is 71.2 cm³/mol. The minimum atomic E-state index is 0.0336. The van der Waals surface area contributed by atoms with Crippen LogP contribution in [0.25, 0.3) is 0 Å². The van der Waals surface area contributed by atoms with Crippen molar-refractivity contribution in [1.82, 2.24) is 15.2 Å². The summed E-state index contributed by atoms with van der Waals surface area (Å²) < 4.78 is 7.34. The summed E-state index contributed by atoms with van der Waals surface area (Å²) in [4.78, 5) is 0. The Kier molecular flexibility index (Phi) is 4.61. The minimum absolute atomic E-state index is 0.0336. The molecule has 1 aliphatic heterocycles. The van der Waals surface area contributed by atoms with Crippen molar-refractivity contribution < 1.29 is 4.74 Å². The van der Waals surface area contributed by atoms with Crippen molar-refractivity contribution >= 4 is 11.6 Å². The quantitative estimate of drug-likeness (QED) is 0.650. The topological polar surface area (TPSA) is 65.1 Å². The molecule has 1 aliphatic rings. The number of hydrazine groups is 1. The van der Waals surface area contributed by atoms with Gasteiger partial charge in [0.2, 0.25) is 0 Å². The molecule has 0 spiro atoms. The molecule has 0 bridgehead atoms. The van der Waals surface area contributed by atoms with Crippen molar-refractivity contribution in [2.75, 3.05) is 13.2 Å². The fourth-order valence-corrected chi connectivity index (χ4v) is 2.79. The first-order valence-electron chi connectivity index (χ1n) is 6.42. The molecule has 1 saturated heterocycles. The molecule has 0 aliphatic carbocycles. The van der Waals surface area contributed by atoms with E-state index in [-0.39, 0.29) is 12.1 Å². The molecule has 6 heteroatoms. The van der Waals surface area contributed by atoms with Gasteiger partial charge in [-0.1, -0.05) is 11.6 Å². The Balaban J connectivity index is 2.28. The lowest BCUT2D eigenvalue weighted by atomic mass is 9.90. The van der Waals surface area contributed by atoms with E-state index in [2.05, 4.69) is 24.4 Å². The molecule has 102 valence electrons. The van der Waals surface area contributed by atoms with E-state index in [4.69, 9.17) is 22.2 Å². The van der Waals surface area contributed by atoms with Gasteiger partial charge in [0.25, 0.3) is 0 Å². The van der Waals surface area contributed by atoms with Gasteiger partial charge in [-0.25, -0.2) is 0 Å². The zero-order chi connectivity index (χ0) is 13.1. The zero-order valence-corrected chi connectivity index (χ0v) is 11.7. The minimum Gasteiger partial charge on any atom is -0.381 e. The third kappa shape index (κ3) is 2.69. The van der Waals surface area contributed by atoms with Gasteiger partial charge in [-0.15, -0.1) is 0 Å². The lowest BCUT2D eigenvalue weighted by Gasteiger charge is -2.31. The number of aromatic nitrogens is 2. The summed E-state index contributed by atoms with van der Waals surface area (Å²) in [5, 5.41) is 5.02. The largest absolute Gasteiger partial charge is 0.381 e. The number of nitrogens with zero attached hydrogens (tertiary/aromatic N) is 2. The Labute approximate surface area is 113 Å². The average molecular weight is 273 g/mol. The number of nitrogens with one attached hydrogen (secondary N) is 1. The van der Waals surface area contributed by atoms with Gasteiger partial charge >= 0.3 is 0 Å². The number of rotatable bonds is 4. The van der Waals surface area contributed by atoms with Crippen molar-refractivity contribution in [2.24, 2.45) is 11.8 Å². The predicted octanol–water partition coefficient (Wildman–Crippen LogP) is 2.05. The van der Waals surface area contributed by atoms with Crippen molar-refractivity contribution in [2.45, 2.75) is 38.8 Å². The van der Waals surface area contributed by atoms with Gasteiger partial charge in [0.1, 0.15) is 0 Å². The number of hydrogen-bond acceptors (Lipinski definition) is 4. The summed E-state index contributed by atoms with van der Waals surface area (Å²) in [6.07, 6.45) is 3.68. The molecule has 3 N–H and O–H groups in total. The van der Waals surface area contributed by atoms with Gasteiger partial charge in [0, 0.05) is 19.3 Å². The first-order chi connectivity index (χ1) is 8.65. The van der Waals surface area contributed by atoms with Crippen LogP contribution in [0, 0.1) is 5.92 Å². The fraction of sp³-hybridized carbons (Fsp3) is 0.750. The third-order valence-corrected chi connectivity index (χ3v) is 3.78. The smallest absolute Gasteiger partial charge is 0.0834 e. The van der Waals surface area contributed by atoms with Crippen LogP contribution in [0.5, 0.6) is 0 Å². The second kappa shape index (κ2) is 6.02. The molecule has 1 aromatic heterocycles. The summed E-state index contributed by atoms with van der Waals surface area (Å²) >= 11 is 6.27. The summed E-state index contributed by atoms with van der Waals surface area (Å²) in [6, 6.07) is 0.300. The van der Waals surface area contributed by atoms with E-state index in [0.717, 1.165) is 31.7 Å². The molecule has 2 heterocycles. The molecular weight excluding hydrogens is 252 g/mol. The van der Waals surface area contributed by atoms with Gasteiger partial charge in [-0.05, 0) is 32.6 Å². The Hall–Kier alpha value is -0.620. The maximum Gasteiger partial charge on any atom is 0.0834 e. The highest BCUT2D eigenvalue weighted by Gasteiger charge is 2.29. The maximum atomic E-state index is 6.27. The van der Waals surface area contributed by atoms with Gasteiger partial charge in [-0.2, -0.15) is 5.10 Å². The standard InChI is InChI=1S/C12H21ClN4O/c1-8(2)17-12(10(13)7-15-17)11(16-14)9-3-5-18-6-4-9/h7-9,11,16H,3-6,14H2,1-2H3. The molecule has 5 nitrogen and oxygen atoms in total. The van der Waals surface area contributed by atoms with E-state index in [9.17, 15) is 0 Å². The molecule has 0 radical (unpaired) electrons. The highest BCUT2D eigenvalue weighted by atomic mass is 35.5. The Morgan fingerprint density at radius 1 is 1.50 bits per heavy atom. The molecule has 1 fully saturated rings. The molecule has 0 aromatic carbocycles. The third-order valence-electron chi connectivity index (χ3n) is 3.49. The van der Waals surface area contributed by atoms with Crippen LogP contribution in [-0.2, 0) is 4.74 Å². The number of halogens is 1. The molecular formula is C12H21ClN4O. The van der Waals surface area contributed by atoms with Crippen LogP contribution in [0.3, 0.4) is 0 Å². The first kappa shape index (κ1) is 13.8. The monoisotopic (exact) mass is 272 g/mol. The van der Waals surface area contributed by atoms with Crippen LogP contribution in [0.2, 0.25) is 5.02 Å². The molecule has 2 rings (SSSR count). The summed E-state index contributed by atoms with van der Waals surface area (Å²) in [5.74, 6) is 6.18. The molecule has 18 heavy (non-hydrogen) atoms. The van der Waals surface area contributed by atoms with E-state index < -0.39 is 0 Å². The van der Waals surface area contributed by atoms with Gasteiger partial charge in [-0.3, -0.25) is 16.0 Å². The van der Waals surface area contributed by atoms with Crippen LogP contribution < -0.4 is 11.3 Å². The van der Waals surface area contributed by atoms with E-state index >= 15 is 0 Å². The second-order valence-electron chi connectivity index (χ2n) is 5.01. The molecule has 1 unspecified atom stereocenters. The molecule has 0 amide bonds. The van der Waals surface area contributed by atoms with Gasteiger partial charge in [0.05, 0.1) is 23.0 Å².